The summed E-state index contributed by atoms with van der Waals surface area (Å²) in [4.78, 5) is 23.3. The van der Waals surface area contributed by atoms with E-state index in [1.807, 2.05) is 0 Å². The SMILES string of the molecule is CCOC(=O)C(F)n1c(=O)n(C)c2ccccc21. The highest BCUT2D eigenvalue weighted by molar-refractivity contribution is 5.80. The molecule has 0 amide bonds. The van der Waals surface area contributed by atoms with Crippen LogP contribution in [-0.2, 0) is 16.6 Å². The van der Waals surface area contributed by atoms with Gasteiger partial charge < -0.3 is 4.74 Å². The van der Waals surface area contributed by atoms with Crippen LogP contribution < -0.4 is 5.69 Å². The number of hydrogen-bond donors (Lipinski definition) is 0. The van der Waals surface area contributed by atoms with Gasteiger partial charge in [-0.05, 0) is 19.1 Å². The van der Waals surface area contributed by atoms with Crippen LogP contribution in [0, 0.1) is 0 Å². The van der Waals surface area contributed by atoms with E-state index in [-0.39, 0.29) is 6.61 Å². The topological polar surface area (TPSA) is 53.2 Å². The molecule has 18 heavy (non-hydrogen) atoms. The fourth-order valence-electron chi connectivity index (χ4n) is 1.85. The molecule has 1 heterocycles. The van der Waals surface area contributed by atoms with Crippen LogP contribution >= 0.6 is 0 Å². The van der Waals surface area contributed by atoms with Gasteiger partial charge in [-0.25, -0.2) is 14.0 Å². The van der Waals surface area contributed by atoms with Crippen LogP contribution in [0.3, 0.4) is 0 Å². The molecule has 2 aromatic rings. The number of nitrogens with zero attached hydrogens (tertiary/aromatic N) is 2. The molecule has 1 aromatic heterocycles. The van der Waals surface area contributed by atoms with Gasteiger partial charge in [0, 0.05) is 7.05 Å². The average molecular weight is 252 g/mol. The fraction of sp³-hybridized carbons (Fsp3) is 0.333. The third-order valence-electron chi connectivity index (χ3n) is 2.70. The number of carbonyl (C=O) groups excluding carboxylic acids is 1. The maximum Gasteiger partial charge on any atom is 0.362 e. The van der Waals surface area contributed by atoms with Gasteiger partial charge in [0.05, 0.1) is 17.6 Å². The molecule has 0 fully saturated rings. The first-order valence-corrected chi connectivity index (χ1v) is 5.54. The average Bonchev–Trinajstić information content (AvgIpc) is 2.62. The number of esters is 1. The van der Waals surface area contributed by atoms with Crippen molar-refractivity contribution in [1.29, 1.82) is 0 Å². The van der Waals surface area contributed by atoms with Crippen LogP contribution in [0.15, 0.2) is 29.1 Å². The number of ether oxygens (including phenoxy) is 1. The summed E-state index contributed by atoms with van der Waals surface area (Å²) >= 11 is 0. The molecular formula is C12H13FN2O3. The van der Waals surface area contributed by atoms with Crippen LogP contribution in [-0.4, -0.2) is 21.7 Å². The van der Waals surface area contributed by atoms with Crippen molar-refractivity contribution in [3.63, 3.8) is 0 Å². The van der Waals surface area contributed by atoms with Gasteiger partial charge in [-0.1, -0.05) is 12.1 Å². The summed E-state index contributed by atoms with van der Waals surface area (Å²) in [5.74, 6) is -1.06. The number of carbonyl (C=O) groups is 1. The highest BCUT2D eigenvalue weighted by Gasteiger charge is 2.25. The summed E-state index contributed by atoms with van der Waals surface area (Å²) in [7, 11) is 1.53. The van der Waals surface area contributed by atoms with Crippen LogP contribution in [0.2, 0.25) is 0 Å². The number of aromatic nitrogens is 2. The summed E-state index contributed by atoms with van der Waals surface area (Å²) in [5.41, 5.74) is 0.344. The zero-order valence-electron chi connectivity index (χ0n) is 10.1. The third kappa shape index (κ3) is 1.79. The Balaban J connectivity index is 2.61. The molecular weight excluding hydrogens is 239 g/mol. The van der Waals surface area contributed by atoms with Gasteiger partial charge in [-0.15, -0.1) is 0 Å². The van der Waals surface area contributed by atoms with Crippen molar-refractivity contribution in [2.45, 2.75) is 13.2 Å². The Kier molecular flexibility index (Phi) is 3.18. The fourth-order valence-corrected chi connectivity index (χ4v) is 1.85. The summed E-state index contributed by atoms with van der Waals surface area (Å²) in [6.07, 6.45) is -2.12. The van der Waals surface area contributed by atoms with E-state index in [2.05, 4.69) is 4.74 Å². The Labute approximate surface area is 102 Å². The molecule has 5 nitrogen and oxygen atoms in total. The van der Waals surface area contributed by atoms with Crippen molar-refractivity contribution in [2.24, 2.45) is 7.05 Å². The molecule has 0 bridgehead atoms. The molecule has 0 radical (unpaired) electrons. The Hall–Kier alpha value is -2.11. The van der Waals surface area contributed by atoms with Gasteiger partial charge in [0.15, 0.2) is 0 Å². The van der Waals surface area contributed by atoms with Crippen LogP contribution in [0.1, 0.15) is 13.2 Å². The molecule has 1 unspecified atom stereocenters. The predicted octanol–water partition coefficient (Wildman–Crippen LogP) is 1.37. The third-order valence-corrected chi connectivity index (χ3v) is 2.70. The van der Waals surface area contributed by atoms with E-state index in [1.54, 1.807) is 31.2 Å². The smallest absolute Gasteiger partial charge is 0.362 e. The molecule has 0 saturated heterocycles. The van der Waals surface area contributed by atoms with Gasteiger partial charge in [-0.2, -0.15) is 0 Å². The van der Waals surface area contributed by atoms with E-state index in [1.165, 1.54) is 11.6 Å². The van der Waals surface area contributed by atoms with Gasteiger partial charge in [0.1, 0.15) is 0 Å². The Morgan fingerprint density at radius 1 is 1.39 bits per heavy atom. The van der Waals surface area contributed by atoms with E-state index >= 15 is 0 Å². The lowest BCUT2D eigenvalue weighted by atomic mass is 10.3. The molecule has 1 atom stereocenters. The second kappa shape index (κ2) is 4.64. The Bertz CT molecular complexity index is 644. The minimum atomic E-state index is -2.12. The number of benzene rings is 1. The van der Waals surface area contributed by atoms with Crippen molar-refractivity contribution in [1.82, 2.24) is 9.13 Å². The molecule has 0 aliphatic rings. The number of hydrogen-bond acceptors (Lipinski definition) is 3. The number of rotatable bonds is 3. The van der Waals surface area contributed by atoms with Crippen LogP contribution in [0.25, 0.3) is 11.0 Å². The van der Waals surface area contributed by atoms with Gasteiger partial charge >= 0.3 is 11.7 Å². The number of imidazole rings is 1. The molecule has 96 valence electrons. The summed E-state index contributed by atoms with van der Waals surface area (Å²) < 4.78 is 20.7. The number of fused-ring (bicyclic) bond motifs is 1. The maximum atomic E-state index is 14.0. The van der Waals surface area contributed by atoms with Crippen LogP contribution in [0.5, 0.6) is 0 Å². The van der Waals surface area contributed by atoms with Gasteiger partial charge in [0.2, 0.25) is 0 Å². The zero-order valence-corrected chi connectivity index (χ0v) is 10.1. The van der Waals surface area contributed by atoms with E-state index in [4.69, 9.17) is 0 Å². The maximum absolute atomic E-state index is 14.0. The second-order valence-electron chi connectivity index (χ2n) is 3.79. The van der Waals surface area contributed by atoms with Crippen molar-refractivity contribution in [3.8, 4) is 0 Å². The largest absolute Gasteiger partial charge is 0.462 e. The normalized spacial score (nSPS) is 12.6. The first-order chi connectivity index (χ1) is 8.57. The predicted molar refractivity (Wildman–Crippen MR) is 64.0 cm³/mol. The lowest BCUT2D eigenvalue weighted by Gasteiger charge is -2.08. The molecule has 0 saturated carbocycles. The zero-order chi connectivity index (χ0) is 13.3. The standard InChI is InChI=1S/C12H13FN2O3/c1-3-18-11(16)10(13)15-9-7-5-4-6-8(9)14(2)12(15)17/h4-7,10H,3H2,1-2H3. The lowest BCUT2D eigenvalue weighted by Crippen LogP contribution is -2.29. The first-order valence-electron chi connectivity index (χ1n) is 5.54. The van der Waals surface area contributed by atoms with E-state index in [0.717, 1.165) is 4.57 Å². The number of alkyl halides is 1. The molecule has 1 aromatic carbocycles. The van der Waals surface area contributed by atoms with Gasteiger partial charge in [0.25, 0.3) is 6.30 Å². The summed E-state index contributed by atoms with van der Waals surface area (Å²) in [6.45, 7) is 1.65. The highest BCUT2D eigenvalue weighted by Crippen LogP contribution is 2.18. The van der Waals surface area contributed by atoms with Crippen LogP contribution in [0.4, 0.5) is 4.39 Å². The minimum Gasteiger partial charge on any atom is -0.462 e. The first kappa shape index (κ1) is 12.3. The lowest BCUT2D eigenvalue weighted by molar-refractivity contribution is -0.152. The van der Waals surface area contributed by atoms with Crippen molar-refractivity contribution >= 4 is 17.0 Å². The van der Waals surface area contributed by atoms with Crippen molar-refractivity contribution < 1.29 is 13.9 Å². The molecule has 0 N–H and O–H groups in total. The molecule has 0 spiro atoms. The molecule has 6 heteroatoms. The molecule has 2 rings (SSSR count). The Morgan fingerprint density at radius 3 is 2.61 bits per heavy atom. The molecule has 0 aliphatic carbocycles. The summed E-state index contributed by atoms with van der Waals surface area (Å²) in [5, 5.41) is 0. The second-order valence-corrected chi connectivity index (χ2v) is 3.79. The monoisotopic (exact) mass is 252 g/mol. The number of para-hydroxylation sites is 2. The van der Waals surface area contributed by atoms with Crippen molar-refractivity contribution in [2.75, 3.05) is 6.61 Å². The minimum absolute atomic E-state index is 0.0682. The van der Waals surface area contributed by atoms with E-state index in [0.29, 0.717) is 11.0 Å². The van der Waals surface area contributed by atoms with Crippen molar-refractivity contribution in [3.05, 3.63) is 34.7 Å². The highest BCUT2D eigenvalue weighted by atomic mass is 19.1. The van der Waals surface area contributed by atoms with E-state index < -0.39 is 18.0 Å². The quantitative estimate of drug-likeness (QED) is 0.775. The van der Waals surface area contributed by atoms with Gasteiger partial charge in [-0.3, -0.25) is 9.13 Å². The number of aryl methyl sites for hydroxylation is 1. The Morgan fingerprint density at radius 2 is 2.00 bits per heavy atom. The molecule has 0 aliphatic heterocycles. The number of halogens is 1. The summed E-state index contributed by atoms with van der Waals surface area (Å²) in [6, 6.07) is 6.69. The van der Waals surface area contributed by atoms with E-state index in [9.17, 15) is 14.0 Å².